The minimum absolute atomic E-state index is 0.501. The summed E-state index contributed by atoms with van der Waals surface area (Å²) in [5.41, 5.74) is 9.09. The largest absolute Gasteiger partial charge is 0.326 e. The van der Waals surface area contributed by atoms with Crippen molar-refractivity contribution in [3.8, 4) is 0 Å². The number of aryl methyl sites for hydroxylation is 3. The average molecular weight is 280 g/mol. The fourth-order valence-corrected chi connectivity index (χ4v) is 3.54. The summed E-state index contributed by atoms with van der Waals surface area (Å²) in [5.74, 6) is 0.890. The van der Waals surface area contributed by atoms with Crippen molar-refractivity contribution in [2.45, 2.75) is 43.1 Å². The first-order valence-electron chi connectivity index (χ1n) is 5.81. The summed E-state index contributed by atoms with van der Waals surface area (Å²) in [6.45, 7) is 6.62. The van der Waals surface area contributed by atoms with E-state index in [1.165, 1.54) is 17.1 Å². The molecule has 0 aromatic carbocycles. The van der Waals surface area contributed by atoms with Crippen LogP contribution in [0.25, 0.3) is 0 Å². The van der Waals surface area contributed by atoms with Crippen LogP contribution in [-0.4, -0.2) is 14.3 Å². The van der Waals surface area contributed by atoms with Crippen molar-refractivity contribution in [1.29, 1.82) is 0 Å². The molecule has 6 heteroatoms. The van der Waals surface area contributed by atoms with E-state index in [4.69, 9.17) is 5.73 Å². The molecule has 0 aliphatic carbocycles. The first kappa shape index (κ1) is 13.5. The Bertz CT molecular complexity index is 551. The van der Waals surface area contributed by atoms with Crippen molar-refractivity contribution in [2.75, 3.05) is 0 Å². The van der Waals surface area contributed by atoms with E-state index in [2.05, 4.69) is 34.3 Å². The summed E-state index contributed by atoms with van der Waals surface area (Å²) < 4.78 is 5.21. The zero-order chi connectivity index (χ0) is 13.1. The van der Waals surface area contributed by atoms with Gasteiger partial charge in [0.25, 0.3) is 0 Å². The summed E-state index contributed by atoms with van der Waals surface area (Å²) in [5, 5.41) is 0.953. The monoisotopic (exact) mass is 280 g/mol. The standard InChI is InChI=1S/C12H16N4S2/c1-4-10-15-12(18-16-10)17-11-9(6-13)7(2)5-8(3)14-11/h5H,4,6,13H2,1-3H3. The molecule has 2 rings (SSSR count). The molecule has 2 N–H and O–H groups in total. The third-order valence-corrected chi connectivity index (χ3v) is 4.41. The van der Waals surface area contributed by atoms with E-state index in [0.717, 1.165) is 32.9 Å². The van der Waals surface area contributed by atoms with Crippen LogP contribution in [0.1, 0.15) is 29.6 Å². The van der Waals surface area contributed by atoms with Gasteiger partial charge in [0.05, 0.1) is 0 Å². The van der Waals surface area contributed by atoms with Crippen molar-refractivity contribution in [3.05, 3.63) is 28.7 Å². The molecule has 0 spiro atoms. The number of rotatable bonds is 4. The second kappa shape index (κ2) is 5.77. The molecule has 2 heterocycles. The fourth-order valence-electron chi connectivity index (χ4n) is 1.67. The molecular formula is C12H16N4S2. The first-order chi connectivity index (χ1) is 8.63. The molecule has 0 atom stereocenters. The Hall–Kier alpha value is -0.980. The number of nitrogens with two attached hydrogens (primary N) is 1. The van der Waals surface area contributed by atoms with Crippen molar-refractivity contribution < 1.29 is 0 Å². The number of nitrogens with zero attached hydrogens (tertiary/aromatic N) is 3. The third kappa shape index (κ3) is 2.88. The lowest BCUT2D eigenvalue weighted by Crippen LogP contribution is -2.04. The predicted octanol–water partition coefficient (Wildman–Crippen LogP) is 2.72. The maximum absolute atomic E-state index is 5.80. The lowest BCUT2D eigenvalue weighted by Gasteiger charge is -2.09. The van der Waals surface area contributed by atoms with Crippen LogP contribution in [-0.2, 0) is 13.0 Å². The molecule has 0 radical (unpaired) electrons. The third-order valence-electron chi connectivity index (χ3n) is 2.59. The molecule has 0 saturated heterocycles. The van der Waals surface area contributed by atoms with Crippen molar-refractivity contribution in [1.82, 2.24) is 14.3 Å². The highest BCUT2D eigenvalue weighted by Crippen LogP contribution is 2.31. The number of hydrogen-bond acceptors (Lipinski definition) is 6. The Balaban J connectivity index is 2.32. The Morgan fingerprint density at radius 1 is 1.33 bits per heavy atom. The lowest BCUT2D eigenvalue weighted by atomic mass is 10.1. The highest BCUT2D eigenvalue weighted by atomic mass is 32.2. The van der Waals surface area contributed by atoms with E-state index in [0.29, 0.717) is 6.54 Å². The Morgan fingerprint density at radius 3 is 2.72 bits per heavy atom. The average Bonchev–Trinajstić information content (AvgIpc) is 2.76. The van der Waals surface area contributed by atoms with Gasteiger partial charge in [-0.15, -0.1) is 0 Å². The van der Waals surface area contributed by atoms with Gasteiger partial charge in [-0.05, 0) is 48.8 Å². The Morgan fingerprint density at radius 2 is 2.11 bits per heavy atom. The van der Waals surface area contributed by atoms with Gasteiger partial charge in [0.2, 0.25) is 0 Å². The van der Waals surface area contributed by atoms with Gasteiger partial charge in [0, 0.05) is 24.2 Å². The fraction of sp³-hybridized carbons (Fsp3) is 0.417. The second-order valence-electron chi connectivity index (χ2n) is 4.00. The number of aromatic nitrogens is 3. The summed E-state index contributed by atoms with van der Waals surface area (Å²) in [4.78, 5) is 9.01. The summed E-state index contributed by atoms with van der Waals surface area (Å²) >= 11 is 2.98. The topological polar surface area (TPSA) is 64.7 Å². The zero-order valence-corrected chi connectivity index (χ0v) is 12.4. The van der Waals surface area contributed by atoms with Crippen LogP contribution in [0.5, 0.6) is 0 Å². The molecule has 0 aliphatic heterocycles. The highest BCUT2D eigenvalue weighted by molar-refractivity contribution is 8.00. The summed E-state index contributed by atoms with van der Waals surface area (Å²) in [7, 11) is 0. The normalized spacial score (nSPS) is 10.9. The molecule has 4 nitrogen and oxygen atoms in total. The lowest BCUT2D eigenvalue weighted by molar-refractivity contribution is 0.919. The van der Waals surface area contributed by atoms with Gasteiger partial charge in [0.15, 0.2) is 4.34 Å². The van der Waals surface area contributed by atoms with Crippen LogP contribution in [0.3, 0.4) is 0 Å². The molecule has 96 valence electrons. The zero-order valence-electron chi connectivity index (χ0n) is 10.7. The molecule has 0 saturated carbocycles. The van der Waals surface area contributed by atoms with Gasteiger partial charge >= 0.3 is 0 Å². The van der Waals surface area contributed by atoms with E-state index in [1.807, 2.05) is 6.92 Å². The van der Waals surface area contributed by atoms with Crippen molar-refractivity contribution >= 4 is 23.3 Å². The predicted molar refractivity (Wildman–Crippen MR) is 75.0 cm³/mol. The second-order valence-corrected chi connectivity index (χ2v) is 5.99. The first-order valence-corrected chi connectivity index (χ1v) is 7.40. The van der Waals surface area contributed by atoms with Gasteiger partial charge in [-0.2, -0.15) is 4.37 Å². The van der Waals surface area contributed by atoms with Gasteiger partial charge in [-0.3, -0.25) is 0 Å². The van der Waals surface area contributed by atoms with Crippen molar-refractivity contribution in [3.63, 3.8) is 0 Å². The maximum atomic E-state index is 5.80. The van der Waals surface area contributed by atoms with Gasteiger partial charge in [-0.1, -0.05) is 6.92 Å². The van der Waals surface area contributed by atoms with Crippen LogP contribution >= 0.6 is 23.3 Å². The molecule has 0 aliphatic rings. The van der Waals surface area contributed by atoms with Gasteiger partial charge in [-0.25, -0.2) is 9.97 Å². The van der Waals surface area contributed by atoms with Gasteiger partial charge < -0.3 is 5.73 Å². The van der Waals surface area contributed by atoms with Crippen LogP contribution in [0.2, 0.25) is 0 Å². The molecule has 18 heavy (non-hydrogen) atoms. The summed E-state index contributed by atoms with van der Waals surface area (Å²) in [6.07, 6.45) is 0.862. The van der Waals surface area contributed by atoms with Crippen LogP contribution in [0.15, 0.2) is 15.4 Å². The minimum atomic E-state index is 0.501. The van der Waals surface area contributed by atoms with E-state index >= 15 is 0 Å². The minimum Gasteiger partial charge on any atom is -0.326 e. The van der Waals surface area contributed by atoms with E-state index < -0.39 is 0 Å². The molecule has 0 bridgehead atoms. The molecule has 2 aromatic heterocycles. The van der Waals surface area contributed by atoms with Crippen molar-refractivity contribution in [2.24, 2.45) is 5.73 Å². The van der Waals surface area contributed by atoms with Crippen LogP contribution in [0, 0.1) is 13.8 Å². The van der Waals surface area contributed by atoms with Crippen LogP contribution in [0.4, 0.5) is 0 Å². The van der Waals surface area contributed by atoms with E-state index in [9.17, 15) is 0 Å². The Kier molecular flexibility index (Phi) is 4.31. The quantitative estimate of drug-likeness (QED) is 0.933. The van der Waals surface area contributed by atoms with Gasteiger partial charge in [0.1, 0.15) is 10.9 Å². The number of hydrogen-bond donors (Lipinski definition) is 1. The maximum Gasteiger partial charge on any atom is 0.176 e. The Labute approximate surface area is 115 Å². The molecular weight excluding hydrogens is 264 g/mol. The molecule has 0 fully saturated rings. The molecule has 0 unspecified atom stereocenters. The summed E-state index contributed by atoms with van der Waals surface area (Å²) in [6, 6.07) is 2.06. The van der Waals surface area contributed by atoms with Crippen LogP contribution < -0.4 is 5.73 Å². The highest BCUT2D eigenvalue weighted by Gasteiger charge is 2.12. The molecule has 0 amide bonds. The smallest absolute Gasteiger partial charge is 0.176 e. The van der Waals surface area contributed by atoms with E-state index in [-0.39, 0.29) is 0 Å². The molecule has 2 aromatic rings. The SMILES string of the molecule is CCc1nsc(Sc2nc(C)cc(C)c2CN)n1. The van der Waals surface area contributed by atoms with E-state index in [1.54, 1.807) is 11.8 Å². The number of pyridine rings is 1.